The van der Waals surface area contributed by atoms with Crippen LogP contribution in [-0.2, 0) is 0 Å². The van der Waals surface area contributed by atoms with E-state index >= 15 is 0 Å². The molecule has 0 aliphatic heterocycles. The number of ketones is 2. The van der Waals surface area contributed by atoms with Crippen molar-refractivity contribution in [3.05, 3.63) is 35.4 Å². The summed E-state index contributed by atoms with van der Waals surface area (Å²) in [5.74, 6) is -0.377. The average Bonchev–Trinajstić information content (AvgIpc) is 2.17. The lowest BCUT2D eigenvalue weighted by atomic mass is 10.1. The molecule has 3 nitrogen and oxygen atoms in total. The maximum absolute atomic E-state index is 11.0. The number of aliphatic hydroxyl groups excluding tert-OH is 1. The van der Waals surface area contributed by atoms with Crippen LogP contribution in [-0.4, -0.2) is 23.3 Å². The largest absolute Gasteiger partial charge is 0.388 e. The van der Waals surface area contributed by atoms with Gasteiger partial charge >= 0.3 is 0 Å². The Balaban J connectivity index is 2.93. The van der Waals surface area contributed by atoms with Crippen molar-refractivity contribution in [1.82, 2.24) is 0 Å². The molecule has 1 aromatic carbocycles. The molecule has 0 atom stereocenters. The summed E-state index contributed by atoms with van der Waals surface area (Å²) in [7, 11) is 0. The van der Waals surface area contributed by atoms with E-state index in [9.17, 15) is 9.59 Å². The van der Waals surface area contributed by atoms with E-state index in [-0.39, 0.29) is 11.6 Å². The number of carbonyl (C=O) groups excluding carboxylic acids is 2. The molecule has 1 N–H and O–H groups in total. The van der Waals surface area contributed by atoms with Gasteiger partial charge < -0.3 is 5.11 Å². The Labute approximate surface area is 76.0 Å². The summed E-state index contributed by atoms with van der Waals surface area (Å²) in [4.78, 5) is 21.8. The van der Waals surface area contributed by atoms with Crippen LogP contribution in [0.3, 0.4) is 0 Å². The fourth-order valence-electron chi connectivity index (χ4n) is 0.982. The van der Waals surface area contributed by atoms with Gasteiger partial charge in [0, 0.05) is 11.1 Å². The van der Waals surface area contributed by atoms with E-state index in [4.69, 9.17) is 5.11 Å². The van der Waals surface area contributed by atoms with Crippen molar-refractivity contribution in [2.45, 2.75) is 6.92 Å². The molecular weight excluding hydrogens is 168 g/mol. The van der Waals surface area contributed by atoms with Crippen molar-refractivity contribution in [2.75, 3.05) is 6.61 Å². The zero-order chi connectivity index (χ0) is 9.84. The molecule has 0 saturated carbocycles. The van der Waals surface area contributed by atoms with Crippen LogP contribution in [0.1, 0.15) is 27.6 Å². The molecule has 0 saturated heterocycles. The molecule has 0 radical (unpaired) electrons. The molecule has 68 valence electrons. The summed E-state index contributed by atoms with van der Waals surface area (Å²) >= 11 is 0. The van der Waals surface area contributed by atoms with Crippen LogP contribution in [0.5, 0.6) is 0 Å². The Morgan fingerprint density at radius 3 is 2.00 bits per heavy atom. The lowest BCUT2D eigenvalue weighted by Gasteiger charge is -1.98. The molecule has 1 aromatic rings. The number of Topliss-reactive ketones (excluding diaryl/α,β-unsaturated/α-hetero) is 2. The maximum atomic E-state index is 11.0. The summed E-state index contributed by atoms with van der Waals surface area (Å²) < 4.78 is 0. The van der Waals surface area contributed by atoms with Crippen molar-refractivity contribution in [1.29, 1.82) is 0 Å². The second kappa shape index (κ2) is 3.96. The van der Waals surface area contributed by atoms with Gasteiger partial charge in [-0.2, -0.15) is 0 Å². The smallest absolute Gasteiger partial charge is 0.188 e. The average molecular weight is 178 g/mol. The SMILES string of the molecule is CC(=O)c1ccc(C(=O)CO)cc1. The van der Waals surface area contributed by atoms with E-state index in [0.29, 0.717) is 11.1 Å². The normalized spacial score (nSPS) is 9.69. The molecule has 0 aliphatic carbocycles. The fourth-order valence-corrected chi connectivity index (χ4v) is 0.982. The predicted octanol–water partition coefficient (Wildman–Crippen LogP) is 1.06. The van der Waals surface area contributed by atoms with Gasteiger partial charge in [0.2, 0.25) is 0 Å². The highest BCUT2D eigenvalue weighted by Crippen LogP contribution is 2.05. The first kappa shape index (κ1) is 9.61. The van der Waals surface area contributed by atoms with Gasteiger partial charge in [0.05, 0.1) is 0 Å². The van der Waals surface area contributed by atoms with Gasteiger partial charge in [0.1, 0.15) is 6.61 Å². The summed E-state index contributed by atoms with van der Waals surface area (Å²) in [5, 5.41) is 8.55. The third kappa shape index (κ3) is 2.23. The lowest BCUT2D eigenvalue weighted by molar-refractivity contribution is 0.0903. The van der Waals surface area contributed by atoms with E-state index < -0.39 is 6.61 Å². The van der Waals surface area contributed by atoms with E-state index in [1.165, 1.54) is 19.1 Å². The van der Waals surface area contributed by atoms with Crippen molar-refractivity contribution in [2.24, 2.45) is 0 Å². The number of carbonyl (C=O) groups is 2. The topological polar surface area (TPSA) is 54.4 Å². The predicted molar refractivity (Wildman–Crippen MR) is 47.9 cm³/mol. The molecule has 0 bridgehead atoms. The molecule has 13 heavy (non-hydrogen) atoms. The molecular formula is C10H10O3. The maximum Gasteiger partial charge on any atom is 0.188 e. The molecule has 0 spiro atoms. The van der Waals surface area contributed by atoms with E-state index in [1.807, 2.05) is 0 Å². The lowest BCUT2D eigenvalue weighted by Crippen LogP contribution is -2.04. The molecule has 0 unspecified atom stereocenters. The van der Waals surface area contributed by atoms with Crippen molar-refractivity contribution in [3.63, 3.8) is 0 Å². The Morgan fingerprint density at radius 1 is 1.15 bits per heavy atom. The first-order chi connectivity index (χ1) is 6.15. The van der Waals surface area contributed by atoms with Gasteiger partial charge in [-0.3, -0.25) is 9.59 Å². The quantitative estimate of drug-likeness (QED) is 0.704. The highest BCUT2D eigenvalue weighted by Gasteiger charge is 2.04. The molecule has 0 aliphatic rings. The van der Waals surface area contributed by atoms with Crippen LogP contribution in [0.15, 0.2) is 24.3 Å². The van der Waals surface area contributed by atoms with Gasteiger partial charge in [-0.05, 0) is 6.92 Å². The molecule has 0 amide bonds. The number of aliphatic hydroxyl groups is 1. The number of benzene rings is 1. The third-order valence-corrected chi connectivity index (χ3v) is 1.76. The summed E-state index contributed by atoms with van der Waals surface area (Å²) in [6, 6.07) is 6.22. The van der Waals surface area contributed by atoms with E-state index in [1.54, 1.807) is 12.1 Å². The van der Waals surface area contributed by atoms with Crippen LogP contribution in [0.25, 0.3) is 0 Å². The third-order valence-electron chi connectivity index (χ3n) is 1.76. The number of hydrogen-bond donors (Lipinski definition) is 1. The Hall–Kier alpha value is -1.48. The molecule has 0 fully saturated rings. The Morgan fingerprint density at radius 2 is 1.62 bits per heavy atom. The van der Waals surface area contributed by atoms with Crippen molar-refractivity contribution in [3.8, 4) is 0 Å². The molecule has 0 aromatic heterocycles. The highest BCUT2D eigenvalue weighted by atomic mass is 16.3. The zero-order valence-corrected chi connectivity index (χ0v) is 7.28. The van der Waals surface area contributed by atoms with Crippen LogP contribution < -0.4 is 0 Å². The van der Waals surface area contributed by atoms with Crippen LogP contribution in [0.4, 0.5) is 0 Å². The van der Waals surface area contributed by atoms with Crippen LogP contribution >= 0.6 is 0 Å². The number of hydrogen-bond acceptors (Lipinski definition) is 3. The van der Waals surface area contributed by atoms with E-state index in [0.717, 1.165) is 0 Å². The van der Waals surface area contributed by atoms with Gasteiger partial charge in [0.15, 0.2) is 11.6 Å². The summed E-state index contributed by atoms with van der Waals surface area (Å²) in [6.07, 6.45) is 0. The molecule has 1 rings (SSSR count). The zero-order valence-electron chi connectivity index (χ0n) is 7.28. The number of rotatable bonds is 3. The second-order valence-electron chi connectivity index (χ2n) is 2.71. The van der Waals surface area contributed by atoms with Gasteiger partial charge in [0.25, 0.3) is 0 Å². The minimum Gasteiger partial charge on any atom is -0.388 e. The second-order valence-corrected chi connectivity index (χ2v) is 2.71. The monoisotopic (exact) mass is 178 g/mol. The Bertz CT molecular complexity index is 325. The highest BCUT2D eigenvalue weighted by molar-refractivity contribution is 5.99. The Kier molecular flexibility index (Phi) is 2.93. The van der Waals surface area contributed by atoms with Crippen molar-refractivity contribution < 1.29 is 14.7 Å². The van der Waals surface area contributed by atoms with Crippen molar-refractivity contribution >= 4 is 11.6 Å². The minimum absolute atomic E-state index is 0.0389. The minimum atomic E-state index is -0.501. The first-order valence-corrected chi connectivity index (χ1v) is 3.90. The van der Waals surface area contributed by atoms with Crippen LogP contribution in [0, 0.1) is 0 Å². The first-order valence-electron chi connectivity index (χ1n) is 3.90. The standard InChI is InChI=1S/C10H10O3/c1-7(12)8-2-4-9(5-3-8)10(13)6-11/h2-5,11H,6H2,1H3. The summed E-state index contributed by atoms with van der Waals surface area (Å²) in [5.41, 5.74) is 0.988. The fraction of sp³-hybridized carbons (Fsp3) is 0.200. The van der Waals surface area contributed by atoms with E-state index in [2.05, 4.69) is 0 Å². The summed E-state index contributed by atoms with van der Waals surface area (Å²) in [6.45, 7) is 0.961. The molecule has 3 heteroatoms. The van der Waals surface area contributed by atoms with Gasteiger partial charge in [-0.1, -0.05) is 24.3 Å². The molecule has 0 heterocycles. The van der Waals surface area contributed by atoms with Gasteiger partial charge in [-0.25, -0.2) is 0 Å². The van der Waals surface area contributed by atoms with Gasteiger partial charge in [-0.15, -0.1) is 0 Å². The van der Waals surface area contributed by atoms with Crippen LogP contribution in [0.2, 0.25) is 0 Å².